The first-order valence-corrected chi connectivity index (χ1v) is 3.69. The summed E-state index contributed by atoms with van der Waals surface area (Å²) >= 11 is 3.21. The molecule has 0 bridgehead atoms. The molecule has 0 unspecified atom stereocenters. The van der Waals surface area contributed by atoms with E-state index in [2.05, 4.69) is 20.9 Å². The molecule has 1 rings (SSSR count). The molecule has 0 spiro atoms. The van der Waals surface area contributed by atoms with Gasteiger partial charge in [0.05, 0.1) is 11.6 Å². The molecule has 0 saturated carbocycles. The molecule has 0 radical (unpaired) electrons. The Bertz CT molecular complexity index is 253. The molecule has 1 heterocycles. The minimum Gasteiger partial charge on any atom is -0.480 e. The van der Waals surface area contributed by atoms with Gasteiger partial charge in [-0.3, -0.25) is 4.90 Å². The minimum absolute atomic E-state index is 0.328. The lowest BCUT2D eigenvalue weighted by molar-refractivity contribution is 0.391. The van der Waals surface area contributed by atoms with Crippen LogP contribution in [0.25, 0.3) is 0 Å². The second-order valence-electron chi connectivity index (χ2n) is 1.86. The molecule has 0 amide bonds. The van der Waals surface area contributed by atoms with Crippen LogP contribution in [0.1, 0.15) is 0 Å². The number of rotatable bonds is 0. The van der Waals surface area contributed by atoms with Crippen LogP contribution in [0.3, 0.4) is 0 Å². The topological polar surface area (TPSA) is 48.6 Å². The van der Waals surface area contributed by atoms with Crippen molar-refractivity contribution in [2.24, 2.45) is 4.99 Å². The predicted octanol–water partition coefficient (Wildman–Crippen LogP) is 1.02. The lowest BCUT2D eigenvalue weighted by atomic mass is 10.5. The average Bonchev–Trinajstić information content (AvgIpc) is 2.04. The summed E-state index contributed by atoms with van der Waals surface area (Å²) in [6.45, 7) is 0.328. The van der Waals surface area contributed by atoms with Gasteiger partial charge in [-0.05, 0) is 15.9 Å². The van der Waals surface area contributed by atoms with E-state index < -0.39 is 0 Å². The van der Waals surface area contributed by atoms with Gasteiger partial charge in [0.15, 0.2) is 6.19 Å². The summed E-state index contributed by atoms with van der Waals surface area (Å²) in [6.07, 6.45) is 3.57. The summed E-state index contributed by atoms with van der Waals surface area (Å²) in [5, 5.41) is 8.47. The van der Waals surface area contributed by atoms with E-state index >= 15 is 0 Å². The summed E-state index contributed by atoms with van der Waals surface area (Å²) in [7, 11) is 1.54. The van der Waals surface area contributed by atoms with E-state index in [1.807, 2.05) is 6.19 Å². The van der Waals surface area contributed by atoms with Gasteiger partial charge in [0.25, 0.3) is 0 Å². The Labute approximate surface area is 72.9 Å². The smallest absolute Gasteiger partial charge is 0.226 e. The lowest BCUT2D eigenvalue weighted by Crippen LogP contribution is -2.19. The van der Waals surface area contributed by atoms with Gasteiger partial charge in [-0.15, -0.1) is 0 Å². The molecule has 0 aliphatic carbocycles. The quantitative estimate of drug-likeness (QED) is 0.568. The van der Waals surface area contributed by atoms with Gasteiger partial charge in [-0.2, -0.15) is 5.26 Å². The molecular weight excluding hydrogens is 210 g/mol. The first-order chi connectivity index (χ1) is 5.27. The van der Waals surface area contributed by atoms with Crippen LogP contribution >= 0.6 is 15.9 Å². The second kappa shape index (κ2) is 3.39. The van der Waals surface area contributed by atoms with E-state index in [4.69, 9.17) is 10.00 Å². The molecule has 0 saturated heterocycles. The number of hydrogen-bond acceptors (Lipinski definition) is 4. The van der Waals surface area contributed by atoms with Crippen molar-refractivity contribution in [3.8, 4) is 6.19 Å². The summed E-state index contributed by atoms with van der Waals surface area (Å²) in [5.74, 6) is 0.525. The van der Waals surface area contributed by atoms with Gasteiger partial charge in [-0.25, -0.2) is 4.99 Å². The number of aliphatic imine (C=N–C) groups is 1. The summed E-state index contributed by atoms with van der Waals surface area (Å²) in [6, 6.07) is 0. The number of ether oxygens (including phenoxy) is 1. The molecule has 0 aromatic heterocycles. The zero-order chi connectivity index (χ0) is 8.27. The largest absolute Gasteiger partial charge is 0.480 e. The van der Waals surface area contributed by atoms with E-state index in [1.54, 1.807) is 6.20 Å². The van der Waals surface area contributed by atoms with E-state index in [1.165, 1.54) is 12.0 Å². The maximum atomic E-state index is 8.47. The molecule has 0 aromatic rings. The van der Waals surface area contributed by atoms with Crippen molar-refractivity contribution in [1.29, 1.82) is 5.26 Å². The van der Waals surface area contributed by atoms with Crippen LogP contribution in [0, 0.1) is 11.5 Å². The first-order valence-electron chi connectivity index (χ1n) is 2.90. The third kappa shape index (κ3) is 1.71. The van der Waals surface area contributed by atoms with Gasteiger partial charge in [0.2, 0.25) is 5.90 Å². The van der Waals surface area contributed by atoms with E-state index in [-0.39, 0.29) is 0 Å². The average molecular weight is 216 g/mol. The Morgan fingerprint density at radius 1 is 1.91 bits per heavy atom. The Morgan fingerprint density at radius 2 is 2.64 bits per heavy atom. The SMILES string of the molecule is COC1=NCN(C#N)C=C1Br. The van der Waals surface area contributed by atoms with Crippen molar-refractivity contribution in [3.05, 3.63) is 10.7 Å². The van der Waals surface area contributed by atoms with Gasteiger partial charge in [-0.1, -0.05) is 0 Å². The third-order valence-electron chi connectivity index (χ3n) is 1.16. The fraction of sp³-hybridized carbons (Fsp3) is 0.333. The van der Waals surface area contributed by atoms with Gasteiger partial charge in [0, 0.05) is 6.20 Å². The molecule has 1 aliphatic rings. The summed E-state index contributed by atoms with van der Waals surface area (Å²) < 4.78 is 5.58. The van der Waals surface area contributed by atoms with Crippen molar-refractivity contribution in [2.45, 2.75) is 0 Å². The highest BCUT2D eigenvalue weighted by Crippen LogP contribution is 2.13. The lowest BCUT2D eigenvalue weighted by Gasteiger charge is -2.14. The van der Waals surface area contributed by atoms with Crippen LogP contribution in [0.4, 0.5) is 0 Å². The van der Waals surface area contributed by atoms with Gasteiger partial charge in [0.1, 0.15) is 6.67 Å². The number of methoxy groups -OCH3 is 1. The van der Waals surface area contributed by atoms with Crippen LogP contribution in [-0.4, -0.2) is 24.6 Å². The Hall–Kier alpha value is -1.02. The molecule has 0 atom stereocenters. The molecule has 0 aromatic carbocycles. The van der Waals surface area contributed by atoms with Crippen molar-refractivity contribution in [3.63, 3.8) is 0 Å². The van der Waals surface area contributed by atoms with Gasteiger partial charge >= 0.3 is 0 Å². The van der Waals surface area contributed by atoms with E-state index in [0.29, 0.717) is 17.0 Å². The fourth-order valence-corrected chi connectivity index (χ4v) is 1.21. The molecule has 1 aliphatic heterocycles. The van der Waals surface area contributed by atoms with Crippen LogP contribution in [0.15, 0.2) is 15.7 Å². The van der Waals surface area contributed by atoms with Crippen LogP contribution in [0.5, 0.6) is 0 Å². The summed E-state index contributed by atoms with van der Waals surface area (Å²) in [4.78, 5) is 5.36. The number of nitrogens with zero attached hydrogens (tertiary/aromatic N) is 3. The molecule has 0 fully saturated rings. The Morgan fingerprint density at radius 3 is 3.09 bits per heavy atom. The van der Waals surface area contributed by atoms with Crippen LogP contribution in [0.2, 0.25) is 0 Å². The van der Waals surface area contributed by atoms with Crippen molar-refractivity contribution >= 4 is 21.8 Å². The second-order valence-corrected chi connectivity index (χ2v) is 2.71. The van der Waals surface area contributed by atoms with Crippen LogP contribution in [-0.2, 0) is 4.74 Å². The normalized spacial score (nSPS) is 16.6. The van der Waals surface area contributed by atoms with Crippen molar-refractivity contribution in [2.75, 3.05) is 13.8 Å². The maximum Gasteiger partial charge on any atom is 0.226 e. The van der Waals surface area contributed by atoms with Gasteiger partial charge < -0.3 is 4.74 Å². The monoisotopic (exact) mass is 215 g/mol. The number of hydrogen-bond donors (Lipinski definition) is 0. The Balaban J connectivity index is 2.75. The van der Waals surface area contributed by atoms with Crippen LogP contribution < -0.4 is 0 Å². The fourth-order valence-electron chi connectivity index (χ4n) is 0.671. The van der Waals surface area contributed by atoms with Crippen molar-refractivity contribution in [1.82, 2.24) is 4.90 Å². The third-order valence-corrected chi connectivity index (χ3v) is 1.71. The molecule has 11 heavy (non-hydrogen) atoms. The predicted molar refractivity (Wildman–Crippen MR) is 43.8 cm³/mol. The molecule has 4 nitrogen and oxygen atoms in total. The number of halogens is 1. The molecule has 0 N–H and O–H groups in total. The highest BCUT2D eigenvalue weighted by Gasteiger charge is 2.11. The molecular formula is C6H6BrN3O. The Kier molecular flexibility index (Phi) is 2.49. The zero-order valence-corrected chi connectivity index (χ0v) is 7.50. The maximum absolute atomic E-state index is 8.47. The van der Waals surface area contributed by atoms with Crippen molar-refractivity contribution < 1.29 is 4.74 Å². The van der Waals surface area contributed by atoms with E-state index in [0.717, 1.165) is 0 Å². The number of nitriles is 1. The first kappa shape index (κ1) is 8.08. The highest BCUT2D eigenvalue weighted by atomic mass is 79.9. The minimum atomic E-state index is 0.328. The zero-order valence-electron chi connectivity index (χ0n) is 5.91. The van der Waals surface area contributed by atoms with E-state index in [9.17, 15) is 0 Å². The molecule has 5 heteroatoms. The summed E-state index contributed by atoms with van der Waals surface area (Å²) in [5.41, 5.74) is 0. The standard InChI is InChI=1S/C6H6BrN3O/c1-11-6-5(7)2-10(3-8)4-9-6/h2H,4H2,1H3. The molecule has 58 valence electrons. The highest BCUT2D eigenvalue weighted by molar-refractivity contribution is 9.12.